The highest BCUT2D eigenvalue weighted by atomic mass is 35.5. The van der Waals surface area contributed by atoms with Crippen molar-refractivity contribution in [3.05, 3.63) is 77.8 Å². The Bertz CT molecular complexity index is 1090. The molecule has 1 aromatic heterocycles. The quantitative estimate of drug-likeness (QED) is 0.645. The number of pyridine rings is 1. The predicted octanol–water partition coefficient (Wildman–Crippen LogP) is 4.66. The van der Waals surface area contributed by atoms with Crippen molar-refractivity contribution in [2.45, 2.75) is 6.42 Å². The van der Waals surface area contributed by atoms with Gasteiger partial charge in [-0.25, -0.2) is 4.39 Å². The van der Waals surface area contributed by atoms with Crippen molar-refractivity contribution in [2.75, 3.05) is 16.8 Å². The third-order valence-electron chi connectivity index (χ3n) is 4.72. The zero-order valence-corrected chi connectivity index (χ0v) is 16.5. The monoisotopic (exact) mass is 425 g/mol. The average molecular weight is 426 g/mol. The summed E-state index contributed by atoms with van der Waals surface area (Å²) in [7, 11) is 0. The van der Waals surface area contributed by atoms with Crippen molar-refractivity contribution < 1.29 is 18.7 Å². The summed E-state index contributed by atoms with van der Waals surface area (Å²) in [5, 5.41) is 3.09. The van der Waals surface area contributed by atoms with Gasteiger partial charge in [0.2, 0.25) is 11.8 Å². The summed E-state index contributed by atoms with van der Waals surface area (Å²) in [6.45, 7) is 0.0883. The lowest BCUT2D eigenvalue weighted by Gasteiger charge is -2.18. The third kappa shape index (κ3) is 4.11. The van der Waals surface area contributed by atoms with Crippen LogP contribution in [-0.4, -0.2) is 23.3 Å². The second kappa shape index (κ2) is 8.51. The Morgan fingerprint density at radius 2 is 2.00 bits per heavy atom. The number of ether oxygens (including phenoxy) is 1. The highest BCUT2D eigenvalue weighted by Crippen LogP contribution is 2.37. The number of rotatable bonds is 5. The number of hydrogen-bond acceptors (Lipinski definition) is 4. The van der Waals surface area contributed by atoms with E-state index in [0.29, 0.717) is 16.5 Å². The maximum atomic E-state index is 14.1. The Morgan fingerprint density at radius 1 is 1.17 bits per heavy atom. The minimum atomic E-state index is -0.637. The van der Waals surface area contributed by atoms with E-state index in [2.05, 4.69) is 10.3 Å². The van der Waals surface area contributed by atoms with Crippen molar-refractivity contribution in [3.8, 4) is 11.5 Å². The standard InChI is InChI=1S/C22H17ClFN3O3/c23-16-6-3-8-18(21(16)30-15-5-4-10-25-12-15)26-22(29)14-11-20(28)27(13-14)19-9-2-1-7-17(19)24/h1-10,12,14H,11,13H2,(H,26,29). The van der Waals surface area contributed by atoms with Crippen molar-refractivity contribution in [1.82, 2.24) is 4.98 Å². The molecule has 2 amide bonds. The van der Waals surface area contributed by atoms with Gasteiger partial charge >= 0.3 is 0 Å². The van der Waals surface area contributed by atoms with Crippen LogP contribution in [0.2, 0.25) is 5.02 Å². The number of carbonyl (C=O) groups is 2. The van der Waals surface area contributed by atoms with Gasteiger partial charge < -0.3 is 15.0 Å². The molecule has 1 fully saturated rings. The molecule has 1 unspecified atom stereocenters. The van der Waals surface area contributed by atoms with Crippen molar-refractivity contribution >= 4 is 34.8 Å². The SMILES string of the molecule is O=C(Nc1cccc(Cl)c1Oc1cccnc1)C1CC(=O)N(c2ccccc2F)C1. The Labute approximate surface area is 177 Å². The number of carbonyl (C=O) groups excluding carboxylic acids is 2. The van der Waals surface area contributed by atoms with E-state index >= 15 is 0 Å². The van der Waals surface area contributed by atoms with Crippen LogP contribution >= 0.6 is 11.6 Å². The van der Waals surface area contributed by atoms with Gasteiger partial charge in [0.25, 0.3) is 0 Å². The lowest BCUT2D eigenvalue weighted by molar-refractivity contribution is -0.122. The van der Waals surface area contributed by atoms with Crippen LogP contribution in [0.15, 0.2) is 67.0 Å². The number of halogens is 2. The maximum absolute atomic E-state index is 14.1. The average Bonchev–Trinajstić information content (AvgIpc) is 3.13. The summed E-state index contributed by atoms with van der Waals surface area (Å²) in [4.78, 5) is 30.5. The fourth-order valence-electron chi connectivity index (χ4n) is 3.26. The summed E-state index contributed by atoms with van der Waals surface area (Å²) in [6, 6.07) is 14.4. The molecule has 0 radical (unpaired) electrons. The number of hydrogen-bond donors (Lipinski definition) is 1. The summed E-state index contributed by atoms with van der Waals surface area (Å²) < 4.78 is 19.9. The van der Waals surface area contributed by atoms with Gasteiger partial charge in [0.1, 0.15) is 11.6 Å². The van der Waals surface area contributed by atoms with E-state index in [9.17, 15) is 14.0 Å². The molecule has 1 N–H and O–H groups in total. The van der Waals surface area contributed by atoms with Crippen LogP contribution in [0.4, 0.5) is 15.8 Å². The minimum absolute atomic E-state index is 0.0144. The first kappa shape index (κ1) is 19.8. The first-order valence-electron chi connectivity index (χ1n) is 9.25. The molecule has 0 spiro atoms. The van der Waals surface area contributed by atoms with E-state index in [1.165, 1.54) is 23.2 Å². The smallest absolute Gasteiger partial charge is 0.229 e. The minimum Gasteiger partial charge on any atom is -0.452 e. The molecule has 8 heteroatoms. The third-order valence-corrected chi connectivity index (χ3v) is 5.02. The van der Waals surface area contributed by atoms with E-state index < -0.39 is 11.7 Å². The number of nitrogens with zero attached hydrogens (tertiary/aromatic N) is 2. The molecule has 0 saturated carbocycles. The Balaban J connectivity index is 1.52. The second-order valence-corrected chi connectivity index (χ2v) is 7.16. The first-order valence-corrected chi connectivity index (χ1v) is 9.63. The fourth-order valence-corrected chi connectivity index (χ4v) is 3.47. The Morgan fingerprint density at radius 3 is 2.77 bits per heavy atom. The van der Waals surface area contributed by atoms with Crippen LogP contribution in [0.1, 0.15) is 6.42 Å². The molecule has 2 heterocycles. The van der Waals surface area contributed by atoms with Crippen LogP contribution in [0.25, 0.3) is 0 Å². The Kier molecular flexibility index (Phi) is 5.63. The molecule has 6 nitrogen and oxygen atoms in total. The lowest BCUT2D eigenvalue weighted by Crippen LogP contribution is -2.28. The van der Waals surface area contributed by atoms with Gasteiger partial charge in [0, 0.05) is 19.2 Å². The fraction of sp³-hybridized carbons (Fsp3) is 0.136. The van der Waals surface area contributed by atoms with Crippen LogP contribution in [0, 0.1) is 11.7 Å². The second-order valence-electron chi connectivity index (χ2n) is 6.75. The lowest BCUT2D eigenvalue weighted by atomic mass is 10.1. The number of anilines is 2. The van der Waals surface area contributed by atoms with Gasteiger partial charge in [0.05, 0.1) is 28.5 Å². The van der Waals surface area contributed by atoms with Crippen molar-refractivity contribution in [2.24, 2.45) is 5.92 Å². The van der Waals surface area contributed by atoms with E-state index in [-0.39, 0.29) is 36.2 Å². The summed E-state index contributed by atoms with van der Waals surface area (Å²) in [6.07, 6.45) is 3.12. The summed E-state index contributed by atoms with van der Waals surface area (Å²) in [5.41, 5.74) is 0.536. The van der Waals surface area contributed by atoms with Gasteiger partial charge in [-0.2, -0.15) is 0 Å². The molecule has 1 aliphatic heterocycles. The molecule has 1 saturated heterocycles. The van der Waals surface area contributed by atoms with Gasteiger partial charge in [-0.15, -0.1) is 0 Å². The molecule has 1 atom stereocenters. The van der Waals surface area contributed by atoms with Crippen molar-refractivity contribution in [1.29, 1.82) is 0 Å². The van der Waals surface area contributed by atoms with Crippen LogP contribution < -0.4 is 15.0 Å². The van der Waals surface area contributed by atoms with E-state index in [1.54, 1.807) is 48.7 Å². The predicted molar refractivity (Wildman–Crippen MR) is 111 cm³/mol. The first-order chi connectivity index (χ1) is 14.5. The molecular weight excluding hydrogens is 409 g/mol. The zero-order chi connectivity index (χ0) is 21.1. The number of benzene rings is 2. The van der Waals surface area contributed by atoms with E-state index in [0.717, 1.165) is 0 Å². The maximum Gasteiger partial charge on any atom is 0.229 e. The number of para-hydroxylation sites is 2. The summed E-state index contributed by atoms with van der Waals surface area (Å²) >= 11 is 6.27. The molecule has 1 aliphatic rings. The normalized spacial score (nSPS) is 15.9. The van der Waals surface area contributed by atoms with Gasteiger partial charge in [-0.05, 0) is 36.4 Å². The number of nitrogens with one attached hydrogen (secondary N) is 1. The van der Waals surface area contributed by atoms with Crippen LogP contribution in [0.3, 0.4) is 0 Å². The van der Waals surface area contributed by atoms with Gasteiger partial charge in [0.15, 0.2) is 5.75 Å². The topological polar surface area (TPSA) is 71.5 Å². The van der Waals surface area contributed by atoms with E-state index in [4.69, 9.17) is 16.3 Å². The Hall–Kier alpha value is -3.45. The molecule has 0 bridgehead atoms. The molecular formula is C22H17ClFN3O3. The van der Waals surface area contributed by atoms with Crippen LogP contribution in [-0.2, 0) is 9.59 Å². The van der Waals surface area contributed by atoms with Crippen LogP contribution in [0.5, 0.6) is 11.5 Å². The van der Waals surface area contributed by atoms with E-state index in [1.807, 2.05) is 0 Å². The molecule has 2 aromatic carbocycles. The highest BCUT2D eigenvalue weighted by molar-refractivity contribution is 6.32. The highest BCUT2D eigenvalue weighted by Gasteiger charge is 2.36. The van der Waals surface area contributed by atoms with Gasteiger partial charge in [-0.1, -0.05) is 29.8 Å². The van der Waals surface area contributed by atoms with Crippen molar-refractivity contribution in [3.63, 3.8) is 0 Å². The number of aromatic nitrogens is 1. The largest absolute Gasteiger partial charge is 0.452 e. The molecule has 3 aromatic rings. The zero-order valence-electron chi connectivity index (χ0n) is 15.7. The summed E-state index contributed by atoms with van der Waals surface area (Å²) in [5.74, 6) is -1.09. The molecule has 30 heavy (non-hydrogen) atoms. The molecule has 4 rings (SSSR count). The molecule has 152 valence electrons. The number of amides is 2. The van der Waals surface area contributed by atoms with Gasteiger partial charge in [-0.3, -0.25) is 14.6 Å². The molecule has 0 aliphatic carbocycles.